The van der Waals surface area contributed by atoms with E-state index < -0.39 is 0 Å². The third-order valence-corrected chi connectivity index (χ3v) is 6.54. The molecular weight excluding hydrogens is 420 g/mol. The molecule has 32 heavy (non-hydrogen) atoms. The fourth-order valence-corrected chi connectivity index (χ4v) is 4.61. The topological polar surface area (TPSA) is 58.6 Å². The third kappa shape index (κ3) is 4.97. The molecule has 1 heterocycles. The fourth-order valence-electron chi connectivity index (χ4n) is 3.86. The second-order valence-electron chi connectivity index (χ2n) is 7.80. The molecule has 1 aliphatic heterocycles. The van der Waals surface area contributed by atoms with E-state index in [0.29, 0.717) is 17.9 Å². The van der Waals surface area contributed by atoms with Gasteiger partial charge in [0.2, 0.25) is 5.91 Å². The Balaban J connectivity index is 1.42. The summed E-state index contributed by atoms with van der Waals surface area (Å²) in [4.78, 5) is 28.4. The minimum atomic E-state index is -0.0284. The van der Waals surface area contributed by atoms with Crippen LogP contribution in [0.1, 0.15) is 28.4 Å². The summed E-state index contributed by atoms with van der Waals surface area (Å²) in [6.45, 7) is 2.49. The van der Waals surface area contributed by atoms with Gasteiger partial charge in [-0.2, -0.15) is 0 Å². The number of anilines is 1. The summed E-state index contributed by atoms with van der Waals surface area (Å²) >= 11 is 1.51. The molecule has 0 aliphatic carbocycles. The van der Waals surface area contributed by atoms with E-state index in [1.165, 1.54) is 11.8 Å². The predicted molar refractivity (Wildman–Crippen MR) is 128 cm³/mol. The van der Waals surface area contributed by atoms with E-state index >= 15 is 0 Å². The highest BCUT2D eigenvalue weighted by molar-refractivity contribution is 8.00. The van der Waals surface area contributed by atoms with Crippen LogP contribution in [-0.2, 0) is 17.8 Å². The zero-order chi connectivity index (χ0) is 22.5. The van der Waals surface area contributed by atoms with Crippen LogP contribution in [0.5, 0.6) is 5.75 Å². The van der Waals surface area contributed by atoms with Crippen molar-refractivity contribution in [2.24, 2.45) is 0 Å². The van der Waals surface area contributed by atoms with Crippen LogP contribution in [0.2, 0.25) is 0 Å². The highest BCUT2D eigenvalue weighted by atomic mass is 32.2. The average Bonchev–Trinajstić information content (AvgIpc) is 3.16. The van der Waals surface area contributed by atoms with Gasteiger partial charge in [0.05, 0.1) is 12.9 Å². The lowest BCUT2D eigenvalue weighted by molar-refractivity contribution is -0.118. The number of nitrogens with one attached hydrogen (secondary N) is 1. The molecule has 0 bridgehead atoms. The first-order chi connectivity index (χ1) is 15.5. The van der Waals surface area contributed by atoms with Crippen LogP contribution >= 0.6 is 11.8 Å². The standard InChI is InChI=1S/C26H26N2O3S/c1-18-14-21-9-8-19(16-27-25(29)17-32-23-6-4-3-5-7-23)15-24(21)28(18)26(30)20-10-12-22(31-2)13-11-20/h3-13,15,18H,14,16-17H2,1-2H3,(H,27,29)/t18-/m0/s1. The first kappa shape index (κ1) is 22.0. The lowest BCUT2D eigenvalue weighted by atomic mass is 10.1. The lowest BCUT2D eigenvalue weighted by Gasteiger charge is -2.23. The second kappa shape index (κ2) is 9.92. The Morgan fingerprint density at radius 3 is 2.53 bits per heavy atom. The molecule has 0 saturated carbocycles. The Morgan fingerprint density at radius 1 is 1.06 bits per heavy atom. The minimum Gasteiger partial charge on any atom is -0.497 e. The number of ether oxygens (including phenoxy) is 1. The van der Waals surface area contributed by atoms with Crippen molar-refractivity contribution in [1.82, 2.24) is 5.32 Å². The van der Waals surface area contributed by atoms with E-state index in [2.05, 4.69) is 18.3 Å². The summed E-state index contributed by atoms with van der Waals surface area (Å²) in [5, 5.41) is 2.98. The van der Waals surface area contributed by atoms with Crippen molar-refractivity contribution in [3.63, 3.8) is 0 Å². The largest absolute Gasteiger partial charge is 0.497 e. The Bertz CT molecular complexity index is 1100. The van der Waals surface area contributed by atoms with Crippen molar-refractivity contribution in [3.05, 3.63) is 89.5 Å². The van der Waals surface area contributed by atoms with Crippen molar-refractivity contribution in [1.29, 1.82) is 0 Å². The number of nitrogens with zero attached hydrogens (tertiary/aromatic N) is 1. The minimum absolute atomic E-state index is 0.0149. The molecule has 164 valence electrons. The molecule has 1 atom stereocenters. The SMILES string of the molecule is COc1ccc(C(=O)N2c3cc(CNC(=O)CSc4ccccc4)ccc3C[C@@H]2C)cc1. The van der Waals surface area contributed by atoms with Crippen LogP contribution in [0.25, 0.3) is 0 Å². The highest BCUT2D eigenvalue weighted by Gasteiger charge is 2.31. The number of amides is 2. The van der Waals surface area contributed by atoms with Gasteiger partial charge in [-0.25, -0.2) is 0 Å². The zero-order valence-electron chi connectivity index (χ0n) is 18.2. The van der Waals surface area contributed by atoms with E-state index in [4.69, 9.17) is 4.74 Å². The molecule has 0 fully saturated rings. The molecule has 0 saturated heterocycles. The summed E-state index contributed by atoms with van der Waals surface area (Å²) in [7, 11) is 1.61. The molecule has 3 aromatic rings. The van der Waals surface area contributed by atoms with E-state index in [-0.39, 0.29) is 17.9 Å². The Kier molecular flexibility index (Phi) is 6.81. The smallest absolute Gasteiger partial charge is 0.258 e. The molecule has 1 aliphatic rings. The van der Waals surface area contributed by atoms with Gasteiger partial charge in [-0.1, -0.05) is 30.3 Å². The number of methoxy groups -OCH3 is 1. The van der Waals surface area contributed by atoms with Crippen LogP contribution in [0, 0.1) is 0 Å². The number of rotatable bonds is 7. The van der Waals surface area contributed by atoms with E-state index in [9.17, 15) is 9.59 Å². The van der Waals surface area contributed by atoms with Gasteiger partial charge in [0.25, 0.3) is 5.91 Å². The monoisotopic (exact) mass is 446 g/mol. The number of benzene rings is 3. The van der Waals surface area contributed by atoms with Gasteiger partial charge in [0, 0.05) is 28.7 Å². The molecule has 0 aromatic heterocycles. The normalized spacial score (nSPS) is 14.7. The molecule has 5 nitrogen and oxygen atoms in total. The van der Waals surface area contributed by atoms with Gasteiger partial charge in [-0.15, -0.1) is 11.8 Å². The number of hydrogen-bond acceptors (Lipinski definition) is 4. The molecule has 6 heteroatoms. The summed E-state index contributed by atoms with van der Waals surface area (Å²) < 4.78 is 5.20. The predicted octanol–water partition coefficient (Wildman–Crippen LogP) is 4.70. The quantitative estimate of drug-likeness (QED) is 0.535. The van der Waals surface area contributed by atoms with Crippen LogP contribution in [-0.4, -0.2) is 30.7 Å². The Labute approximate surface area is 192 Å². The summed E-state index contributed by atoms with van der Waals surface area (Å²) in [5.74, 6) is 1.05. The number of carbonyl (C=O) groups is 2. The first-order valence-corrected chi connectivity index (χ1v) is 11.6. The van der Waals surface area contributed by atoms with Crippen molar-refractivity contribution >= 4 is 29.3 Å². The van der Waals surface area contributed by atoms with Crippen molar-refractivity contribution in [2.75, 3.05) is 17.8 Å². The molecule has 3 aromatic carbocycles. The van der Waals surface area contributed by atoms with Gasteiger partial charge in [0.15, 0.2) is 0 Å². The molecule has 2 amide bonds. The van der Waals surface area contributed by atoms with Crippen molar-refractivity contribution < 1.29 is 14.3 Å². The summed E-state index contributed by atoms with van der Waals surface area (Å²) in [6.07, 6.45) is 0.817. The van der Waals surface area contributed by atoms with Crippen LogP contribution in [0.3, 0.4) is 0 Å². The number of thioether (sulfide) groups is 1. The maximum absolute atomic E-state index is 13.2. The first-order valence-electron chi connectivity index (χ1n) is 10.6. The molecule has 4 rings (SSSR count). The second-order valence-corrected chi connectivity index (χ2v) is 8.85. The van der Waals surface area contributed by atoms with Crippen LogP contribution in [0.4, 0.5) is 5.69 Å². The van der Waals surface area contributed by atoms with Gasteiger partial charge >= 0.3 is 0 Å². The number of fused-ring (bicyclic) bond motifs is 1. The summed E-state index contributed by atoms with van der Waals surface area (Å²) in [5.41, 5.74) is 3.67. The maximum atomic E-state index is 13.2. The lowest BCUT2D eigenvalue weighted by Crippen LogP contribution is -2.35. The molecule has 0 spiro atoms. The zero-order valence-corrected chi connectivity index (χ0v) is 19.0. The van der Waals surface area contributed by atoms with Gasteiger partial charge in [0.1, 0.15) is 5.75 Å². The summed E-state index contributed by atoms with van der Waals surface area (Å²) in [6, 6.07) is 23.2. The third-order valence-electron chi connectivity index (χ3n) is 5.52. The molecule has 0 radical (unpaired) electrons. The molecule has 0 unspecified atom stereocenters. The van der Waals surface area contributed by atoms with Gasteiger partial charge in [-0.05, 0) is 66.9 Å². The van der Waals surface area contributed by atoms with Crippen molar-refractivity contribution in [2.45, 2.75) is 30.8 Å². The van der Waals surface area contributed by atoms with Gasteiger partial charge < -0.3 is 15.0 Å². The Morgan fingerprint density at radius 2 is 1.81 bits per heavy atom. The Hall–Kier alpha value is -3.25. The van der Waals surface area contributed by atoms with Crippen LogP contribution < -0.4 is 15.0 Å². The highest BCUT2D eigenvalue weighted by Crippen LogP contribution is 2.34. The van der Waals surface area contributed by atoms with Crippen LogP contribution in [0.15, 0.2) is 77.7 Å². The molecular formula is C26H26N2O3S. The molecule has 1 N–H and O–H groups in total. The number of hydrogen-bond donors (Lipinski definition) is 1. The van der Waals surface area contributed by atoms with Gasteiger partial charge in [-0.3, -0.25) is 9.59 Å². The van der Waals surface area contributed by atoms with E-state index in [0.717, 1.165) is 33.9 Å². The average molecular weight is 447 g/mol. The number of carbonyl (C=O) groups excluding carboxylic acids is 2. The van der Waals surface area contributed by atoms with E-state index in [1.54, 1.807) is 31.4 Å². The van der Waals surface area contributed by atoms with E-state index in [1.807, 2.05) is 47.4 Å². The maximum Gasteiger partial charge on any atom is 0.258 e. The van der Waals surface area contributed by atoms with Crippen molar-refractivity contribution in [3.8, 4) is 5.75 Å². The fraction of sp³-hybridized carbons (Fsp3) is 0.231.